The first-order chi connectivity index (χ1) is 8.72. The summed E-state index contributed by atoms with van der Waals surface area (Å²) in [5.41, 5.74) is 1.91. The number of aliphatic hydroxyl groups is 2. The van der Waals surface area contributed by atoms with Gasteiger partial charge in [-0.15, -0.1) is 0 Å². The summed E-state index contributed by atoms with van der Waals surface area (Å²) in [6, 6.07) is 17.0. The van der Waals surface area contributed by atoms with E-state index in [4.69, 9.17) is 11.6 Å². The first-order valence-electron chi connectivity index (χ1n) is 5.81. The van der Waals surface area contributed by atoms with Crippen LogP contribution >= 0.6 is 11.6 Å². The van der Waals surface area contributed by atoms with Gasteiger partial charge in [0.25, 0.3) is 0 Å². The van der Waals surface area contributed by atoms with E-state index in [1.54, 1.807) is 12.1 Å². The predicted molar refractivity (Wildman–Crippen MR) is 72.8 cm³/mol. The van der Waals surface area contributed by atoms with Gasteiger partial charge in [0.2, 0.25) is 0 Å². The van der Waals surface area contributed by atoms with Crippen molar-refractivity contribution in [2.75, 3.05) is 6.61 Å². The van der Waals surface area contributed by atoms with Crippen LogP contribution in [0.2, 0.25) is 5.02 Å². The van der Waals surface area contributed by atoms with Crippen molar-refractivity contribution in [2.45, 2.75) is 12.0 Å². The Balaban J connectivity index is 2.40. The molecular weight excluding hydrogens is 248 g/mol. The highest BCUT2D eigenvalue weighted by molar-refractivity contribution is 6.30. The lowest BCUT2D eigenvalue weighted by Crippen LogP contribution is -2.23. The minimum absolute atomic E-state index is 0.242. The maximum atomic E-state index is 10.0. The number of benzene rings is 2. The first kappa shape index (κ1) is 13.1. The first-order valence-corrected chi connectivity index (χ1v) is 6.19. The van der Waals surface area contributed by atoms with Crippen molar-refractivity contribution in [2.24, 2.45) is 0 Å². The van der Waals surface area contributed by atoms with Gasteiger partial charge in [-0.1, -0.05) is 54.1 Å². The van der Waals surface area contributed by atoms with Crippen LogP contribution in [0.1, 0.15) is 17.0 Å². The smallest absolute Gasteiger partial charge is 0.0879 e. The summed E-state index contributed by atoms with van der Waals surface area (Å²) >= 11 is 5.86. The molecule has 0 aliphatic rings. The normalized spacial score (nSPS) is 14.2. The van der Waals surface area contributed by atoms with Crippen LogP contribution in [0.3, 0.4) is 0 Å². The summed E-state index contributed by atoms with van der Waals surface area (Å²) in [7, 11) is 0. The summed E-state index contributed by atoms with van der Waals surface area (Å²) in [5, 5.41) is 19.9. The molecular formula is C15H15ClO2. The van der Waals surface area contributed by atoms with E-state index in [2.05, 4.69) is 0 Å². The number of aliphatic hydroxyl groups excluding tert-OH is 2. The Morgan fingerprint density at radius 3 is 2.00 bits per heavy atom. The van der Waals surface area contributed by atoms with E-state index in [9.17, 15) is 10.2 Å². The maximum Gasteiger partial charge on any atom is 0.0879 e. The molecule has 94 valence electrons. The SMILES string of the molecule is OC[C@@H](O)[C@@H](c1ccccc1)c1ccc(Cl)cc1. The lowest BCUT2D eigenvalue weighted by atomic mass is 9.87. The zero-order valence-electron chi connectivity index (χ0n) is 9.83. The van der Waals surface area contributed by atoms with Gasteiger partial charge in [-0.05, 0) is 23.3 Å². The molecule has 0 spiro atoms. The molecule has 0 fully saturated rings. The lowest BCUT2D eigenvalue weighted by Gasteiger charge is -2.22. The molecule has 0 heterocycles. The lowest BCUT2D eigenvalue weighted by molar-refractivity contribution is 0.0823. The number of halogens is 1. The van der Waals surface area contributed by atoms with Gasteiger partial charge in [0, 0.05) is 10.9 Å². The fourth-order valence-corrected chi connectivity index (χ4v) is 2.20. The van der Waals surface area contributed by atoms with Gasteiger partial charge in [0.1, 0.15) is 0 Å². The van der Waals surface area contributed by atoms with Crippen molar-refractivity contribution in [3.63, 3.8) is 0 Å². The second-order valence-corrected chi connectivity index (χ2v) is 4.63. The van der Waals surface area contributed by atoms with Gasteiger partial charge in [0.05, 0.1) is 12.7 Å². The molecule has 0 aliphatic carbocycles. The summed E-state index contributed by atoms with van der Waals surface area (Å²) in [5.74, 6) is -0.242. The molecule has 0 aliphatic heterocycles. The van der Waals surface area contributed by atoms with Crippen LogP contribution in [0.25, 0.3) is 0 Å². The van der Waals surface area contributed by atoms with Crippen molar-refractivity contribution in [3.8, 4) is 0 Å². The average Bonchev–Trinajstić information content (AvgIpc) is 2.42. The molecule has 0 saturated carbocycles. The number of rotatable bonds is 4. The molecule has 2 rings (SSSR count). The molecule has 0 aromatic heterocycles. The Kier molecular flexibility index (Phi) is 4.37. The van der Waals surface area contributed by atoms with Gasteiger partial charge in [-0.25, -0.2) is 0 Å². The Labute approximate surface area is 111 Å². The molecule has 3 heteroatoms. The maximum absolute atomic E-state index is 10.0. The number of hydrogen-bond acceptors (Lipinski definition) is 2. The Hall–Kier alpha value is -1.35. The highest BCUT2D eigenvalue weighted by Crippen LogP contribution is 2.28. The monoisotopic (exact) mass is 262 g/mol. The third-order valence-electron chi connectivity index (χ3n) is 2.96. The fraction of sp³-hybridized carbons (Fsp3) is 0.200. The van der Waals surface area contributed by atoms with E-state index in [0.29, 0.717) is 5.02 Å². The largest absolute Gasteiger partial charge is 0.394 e. The second-order valence-electron chi connectivity index (χ2n) is 4.19. The van der Waals surface area contributed by atoms with E-state index < -0.39 is 6.10 Å². The molecule has 2 atom stereocenters. The minimum atomic E-state index is -0.825. The van der Waals surface area contributed by atoms with Crippen LogP contribution in [0.15, 0.2) is 54.6 Å². The summed E-state index contributed by atoms with van der Waals surface area (Å²) in [4.78, 5) is 0. The van der Waals surface area contributed by atoms with Crippen molar-refractivity contribution in [1.82, 2.24) is 0 Å². The summed E-state index contributed by atoms with van der Waals surface area (Å²) < 4.78 is 0. The molecule has 0 bridgehead atoms. The van der Waals surface area contributed by atoms with E-state index in [0.717, 1.165) is 11.1 Å². The van der Waals surface area contributed by atoms with Gasteiger partial charge in [-0.3, -0.25) is 0 Å². The van der Waals surface area contributed by atoms with Crippen LogP contribution in [-0.4, -0.2) is 22.9 Å². The molecule has 2 aromatic rings. The zero-order valence-corrected chi connectivity index (χ0v) is 10.6. The topological polar surface area (TPSA) is 40.5 Å². The zero-order chi connectivity index (χ0) is 13.0. The van der Waals surface area contributed by atoms with Crippen LogP contribution in [-0.2, 0) is 0 Å². The Morgan fingerprint density at radius 1 is 0.889 bits per heavy atom. The highest BCUT2D eigenvalue weighted by Gasteiger charge is 2.22. The summed E-state index contributed by atoms with van der Waals surface area (Å²) in [6.45, 7) is -0.276. The third kappa shape index (κ3) is 2.91. The van der Waals surface area contributed by atoms with Crippen molar-refractivity contribution in [3.05, 3.63) is 70.7 Å². The average molecular weight is 263 g/mol. The quantitative estimate of drug-likeness (QED) is 0.890. The van der Waals surface area contributed by atoms with Crippen molar-refractivity contribution in [1.29, 1.82) is 0 Å². The fourth-order valence-electron chi connectivity index (χ4n) is 2.07. The highest BCUT2D eigenvalue weighted by atomic mass is 35.5. The molecule has 0 saturated heterocycles. The van der Waals surface area contributed by atoms with Gasteiger partial charge in [-0.2, -0.15) is 0 Å². The third-order valence-corrected chi connectivity index (χ3v) is 3.21. The van der Waals surface area contributed by atoms with E-state index in [1.165, 1.54) is 0 Å². The molecule has 0 unspecified atom stereocenters. The van der Waals surface area contributed by atoms with E-state index >= 15 is 0 Å². The standard InChI is InChI=1S/C15H15ClO2/c16-13-8-6-12(7-9-13)15(14(18)10-17)11-4-2-1-3-5-11/h1-9,14-15,17-18H,10H2/t14-,15+/m1/s1. The molecule has 0 amide bonds. The van der Waals surface area contributed by atoms with E-state index in [-0.39, 0.29) is 12.5 Å². The Morgan fingerprint density at radius 2 is 1.44 bits per heavy atom. The molecule has 0 radical (unpaired) electrons. The van der Waals surface area contributed by atoms with Crippen LogP contribution < -0.4 is 0 Å². The number of hydrogen-bond donors (Lipinski definition) is 2. The van der Waals surface area contributed by atoms with Gasteiger partial charge >= 0.3 is 0 Å². The minimum Gasteiger partial charge on any atom is -0.394 e. The van der Waals surface area contributed by atoms with Crippen LogP contribution in [0, 0.1) is 0 Å². The molecule has 2 N–H and O–H groups in total. The van der Waals surface area contributed by atoms with Crippen molar-refractivity contribution < 1.29 is 10.2 Å². The van der Waals surface area contributed by atoms with Crippen LogP contribution in [0.5, 0.6) is 0 Å². The second kappa shape index (κ2) is 6.01. The molecule has 2 aromatic carbocycles. The predicted octanol–water partition coefficient (Wildman–Crippen LogP) is 2.83. The van der Waals surface area contributed by atoms with E-state index in [1.807, 2.05) is 42.5 Å². The van der Waals surface area contributed by atoms with Crippen molar-refractivity contribution >= 4 is 11.6 Å². The van der Waals surface area contributed by atoms with Gasteiger partial charge in [0.15, 0.2) is 0 Å². The summed E-state index contributed by atoms with van der Waals surface area (Å²) in [6.07, 6.45) is -0.825. The Bertz CT molecular complexity index is 482. The van der Waals surface area contributed by atoms with Crippen LogP contribution in [0.4, 0.5) is 0 Å². The molecule has 18 heavy (non-hydrogen) atoms. The van der Waals surface area contributed by atoms with Gasteiger partial charge < -0.3 is 10.2 Å². The molecule has 2 nitrogen and oxygen atoms in total.